The van der Waals surface area contributed by atoms with E-state index in [0.717, 1.165) is 5.71 Å². The number of rotatable bonds is 3. The third-order valence-corrected chi connectivity index (χ3v) is 5.00. The van der Waals surface area contributed by atoms with E-state index in [0.29, 0.717) is 11.1 Å². The maximum absolute atomic E-state index is 12.3. The average Bonchev–Trinajstić information content (AvgIpc) is 2.34. The Bertz CT molecular complexity index is 473. The highest BCUT2D eigenvalue weighted by Gasteiger charge is 2.63. The van der Waals surface area contributed by atoms with Crippen LogP contribution in [0.1, 0.15) is 13.8 Å². The fourth-order valence-electron chi connectivity index (χ4n) is 2.18. The maximum atomic E-state index is 12.3. The van der Waals surface area contributed by atoms with Crippen molar-refractivity contribution in [3.8, 4) is 0 Å². The fourth-order valence-corrected chi connectivity index (χ4v) is 4.37. The van der Waals surface area contributed by atoms with Crippen LogP contribution in [0.15, 0.2) is 16.8 Å². The summed E-state index contributed by atoms with van der Waals surface area (Å²) in [6.45, 7) is 3.67. The molecule has 0 aliphatic carbocycles. The lowest BCUT2D eigenvalue weighted by atomic mass is 9.89. The highest BCUT2D eigenvalue weighted by atomic mass is 79.9. The van der Waals surface area contributed by atoms with E-state index in [-0.39, 0.29) is 17.0 Å². The minimum absolute atomic E-state index is 0.0734. The van der Waals surface area contributed by atoms with Gasteiger partial charge in [0.15, 0.2) is 5.54 Å². The van der Waals surface area contributed by atoms with Gasteiger partial charge in [0, 0.05) is 16.8 Å². The Morgan fingerprint density at radius 1 is 1.72 bits per heavy atom. The second-order valence-corrected chi connectivity index (χ2v) is 6.05. The van der Waals surface area contributed by atoms with Crippen molar-refractivity contribution >= 4 is 45.3 Å². The van der Waals surface area contributed by atoms with Crippen molar-refractivity contribution in [3.05, 3.63) is 11.8 Å². The second-order valence-electron chi connectivity index (χ2n) is 4.37. The normalized spacial score (nSPS) is 30.2. The van der Waals surface area contributed by atoms with Crippen molar-refractivity contribution in [1.29, 1.82) is 0 Å². The van der Waals surface area contributed by atoms with Crippen LogP contribution in [-0.4, -0.2) is 49.6 Å². The molecule has 2 aliphatic heterocycles. The molecular formula is C11H13BrN2O3S. The zero-order valence-electron chi connectivity index (χ0n) is 10.0. The number of aliphatic imine (C=N–C) groups is 1. The van der Waals surface area contributed by atoms with Gasteiger partial charge in [-0.05, 0) is 19.9 Å². The van der Waals surface area contributed by atoms with Crippen molar-refractivity contribution in [2.75, 3.05) is 11.1 Å². The van der Waals surface area contributed by atoms with Gasteiger partial charge in [-0.2, -0.15) is 0 Å². The SMILES string of the molecule is CC(C)=N[C@]1(CBr)C(=O)N2C(C(=O)O)=CCS[C@H]21. The molecule has 1 N–H and O–H groups in total. The lowest BCUT2D eigenvalue weighted by molar-refractivity contribution is -0.152. The number of nitrogens with zero attached hydrogens (tertiary/aromatic N) is 2. The summed E-state index contributed by atoms with van der Waals surface area (Å²) >= 11 is 4.88. The molecule has 1 amide bonds. The van der Waals surface area contributed by atoms with Crippen LogP contribution in [0, 0.1) is 0 Å². The summed E-state index contributed by atoms with van der Waals surface area (Å²) in [4.78, 5) is 29.1. The number of alkyl halides is 1. The number of halogens is 1. The Balaban J connectivity index is 2.38. The Kier molecular flexibility index (Phi) is 3.55. The van der Waals surface area contributed by atoms with Crippen LogP contribution in [0.25, 0.3) is 0 Å². The summed E-state index contributed by atoms with van der Waals surface area (Å²) < 4.78 is 0. The van der Waals surface area contributed by atoms with E-state index in [4.69, 9.17) is 5.11 Å². The number of thioether (sulfide) groups is 1. The summed E-state index contributed by atoms with van der Waals surface area (Å²) in [6, 6.07) is 0. The molecule has 2 rings (SSSR count). The first-order valence-corrected chi connectivity index (χ1v) is 7.59. The fraction of sp³-hybridized carbons (Fsp3) is 0.545. The molecule has 0 aromatic carbocycles. The predicted molar refractivity (Wildman–Crippen MR) is 74.1 cm³/mol. The van der Waals surface area contributed by atoms with Gasteiger partial charge in [-0.3, -0.25) is 14.7 Å². The molecule has 0 unspecified atom stereocenters. The van der Waals surface area contributed by atoms with Crippen LogP contribution < -0.4 is 0 Å². The molecule has 1 saturated heterocycles. The number of carbonyl (C=O) groups is 2. The molecule has 0 aromatic rings. The molecule has 1 fully saturated rings. The minimum atomic E-state index is -1.06. The van der Waals surface area contributed by atoms with E-state index in [2.05, 4.69) is 20.9 Å². The Hall–Kier alpha value is -0.820. The number of β-lactam (4-membered cyclic amide) rings is 1. The highest BCUT2D eigenvalue weighted by molar-refractivity contribution is 9.09. The van der Waals surface area contributed by atoms with Crippen LogP contribution >= 0.6 is 27.7 Å². The summed E-state index contributed by atoms with van der Waals surface area (Å²) in [5, 5.41) is 9.27. The molecule has 0 bridgehead atoms. The lowest BCUT2D eigenvalue weighted by Crippen LogP contribution is -2.73. The molecule has 2 heterocycles. The van der Waals surface area contributed by atoms with Crippen molar-refractivity contribution in [2.24, 2.45) is 4.99 Å². The smallest absolute Gasteiger partial charge is 0.352 e. The first kappa shape index (κ1) is 13.6. The molecule has 18 heavy (non-hydrogen) atoms. The minimum Gasteiger partial charge on any atom is -0.477 e. The monoisotopic (exact) mass is 332 g/mol. The van der Waals surface area contributed by atoms with E-state index in [1.165, 1.54) is 16.7 Å². The number of hydrogen-bond acceptors (Lipinski definition) is 4. The van der Waals surface area contributed by atoms with E-state index in [1.807, 2.05) is 13.8 Å². The van der Waals surface area contributed by atoms with Gasteiger partial charge in [-0.15, -0.1) is 11.8 Å². The summed E-state index contributed by atoms with van der Waals surface area (Å²) in [7, 11) is 0. The van der Waals surface area contributed by atoms with Gasteiger partial charge < -0.3 is 5.11 Å². The quantitative estimate of drug-likeness (QED) is 0.483. The zero-order valence-corrected chi connectivity index (χ0v) is 12.4. The Morgan fingerprint density at radius 3 is 2.89 bits per heavy atom. The third-order valence-electron chi connectivity index (χ3n) is 2.87. The largest absolute Gasteiger partial charge is 0.477 e. The Labute approximate surface area is 117 Å². The molecule has 7 heteroatoms. The van der Waals surface area contributed by atoms with Gasteiger partial charge in [0.1, 0.15) is 11.1 Å². The molecular weight excluding hydrogens is 320 g/mol. The van der Waals surface area contributed by atoms with E-state index < -0.39 is 11.5 Å². The number of amides is 1. The number of carboxylic acid groups (broad SMARTS) is 1. The van der Waals surface area contributed by atoms with Crippen LogP contribution in [0.2, 0.25) is 0 Å². The lowest BCUT2D eigenvalue weighted by Gasteiger charge is -2.54. The van der Waals surface area contributed by atoms with Crippen molar-refractivity contribution in [1.82, 2.24) is 4.90 Å². The van der Waals surface area contributed by atoms with Crippen molar-refractivity contribution < 1.29 is 14.7 Å². The summed E-state index contributed by atoms with van der Waals surface area (Å²) in [5.41, 5.74) is 0.0390. The van der Waals surface area contributed by atoms with Gasteiger partial charge >= 0.3 is 5.97 Å². The second kappa shape index (κ2) is 4.70. The zero-order chi connectivity index (χ0) is 13.5. The van der Waals surface area contributed by atoms with Gasteiger partial charge in [-0.1, -0.05) is 15.9 Å². The maximum Gasteiger partial charge on any atom is 0.352 e. The topological polar surface area (TPSA) is 70.0 Å². The number of aliphatic carboxylic acids is 1. The molecule has 2 aliphatic rings. The number of hydrogen-bond donors (Lipinski definition) is 1. The standard InChI is InChI=1S/C11H13BrN2O3S/c1-6(2)13-11(5-12)9(17)14-7(8(15)16)3-4-18-10(11)14/h3,10H,4-5H2,1-2H3,(H,15,16)/t10-,11+/m0/s1. The average molecular weight is 333 g/mol. The van der Waals surface area contributed by atoms with Crippen molar-refractivity contribution in [3.63, 3.8) is 0 Å². The molecule has 0 saturated carbocycles. The Morgan fingerprint density at radius 2 is 2.39 bits per heavy atom. The number of fused-ring (bicyclic) bond motifs is 1. The molecule has 98 valence electrons. The first-order valence-electron chi connectivity index (χ1n) is 5.42. The highest BCUT2D eigenvalue weighted by Crippen LogP contribution is 2.47. The van der Waals surface area contributed by atoms with E-state index in [9.17, 15) is 9.59 Å². The summed E-state index contributed by atoms with van der Waals surface area (Å²) in [5.74, 6) is -0.719. The molecule has 5 nitrogen and oxygen atoms in total. The molecule has 0 aromatic heterocycles. The van der Waals surface area contributed by atoms with Gasteiger partial charge in [0.05, 0.1) is 0 Å². The van der Waals surface area contributed by atoms with Gasteiger partial charge in [-0.25, -0.2) is 4.79 Å². The first-order chi connectivity index (χ1) is 8.44. The van der Waals surface area contributed by atoms with E-state index in [1.54, 1.807) is 6.08 Å². The van der Waals surface area contributed by atoms with Crippen LogP contribution in [0.4, 0.5) is 0 Å². The third kappa shape index (κ3) is 1.80. The summed E-state index contributed by atoms with van der Waals surface area (Å²) in [6.07, 6.45) is 1.57. The van der Waals surface area contributed by atoms with Gasteiger partial charge in [0.25, 0.3) is 5.91 Å². The number of carbonyl (C=O) groups excluding carboxylic acids is 1. The van der Waals surface area contributed by atoms with Crippen LogP contribution in [-0.2, 0) is 9.59 Å². The molecule has 0 spiro atoms. The van der Waals surface area contributed by atoms with Crippen LogP contribution in [0.5, 0.6) is 0 Å². The molecule has 2 atom stereocenters. The van der Waals surface area contributed by atoms with Crippen molar-refractivity contribution in [2.45, 2.75) is 24.8 Å². The van der Waals surface area contributed by atoms with E-state index >= 15 is 0 Å². The predicted octanol–water partition coefficient (Wildman–Crippen LogP) is 1.48. The van der Waals surface area contributed by atoms with Crippen LogP contribution in [0.3, 0.4) is 0 Å². The molecule has 0 radical (unpaired) electrons. The number of carboxylic acids is 1. The van der Waals surface area contributed by atoms with Gasteiger partial charge in [0.2, 0.25) is 0 Å².